The minimum absolute atomic E-state index is 0.135. The van der Waals surface area contributed by atoms with Crippen LogP contribution in [0, 0.1) is 0 Å². The summed E-state index contributed by atoms with van der Waals surface area (Å²) < 4.78 is 39.5. The van der Waals surface area contributed by atoms with Gasteiger partial charge in [-0.05, 0) is 30.3 Å². The average Bonchev–Trinajstić information content (AvgIpc) is 3.08. The van der Waals surface area contributed by atoms with Crippen molar-refractivity contribution in [2.45, 2.75) is 11.3 Å². The van der Waals surface area contributed by atoms with Crippen molar-refractivity contribution in [3.05, 3.63) is 59.0 Å². The second-order valence-corrected chi connectivity index (χ2v) is 8.55. The number of nitrogens with one attached hydrogen (secondary N) is 1. The van der Waals surface area contributed by atoms with E-state index >= 15 is 0 Å². The zero-order chi connectivity index (χ0) is 20.6. The summed E-state index contributed by atoms with van der Waals surface area (Å²) in [7, 11) is -0.749. The van der Waals surface area contributed by atoms with Crippen LogP contribution in [-0.2, 0) is 10.0 Å². The Kier molecular flexibility index (Phi) is 4.93. The Hall–Kier alpha value is -3.04. The highest BCUT2D eigenvalue weighted by molar-refractivity contribution is 7.89. The molecule has 2 aromatic carbocycles. The van der Waals surface area contributed by atoms with Crippen molar-refractivity contribution < 1.29 is 17.9 Å². The number of sulfonamides is 1. The molecule has 9 heteroatoms. The van der Waals surface area contributed by atoms with E-state index in [1.165, 1.54) is 30.7 Å². The van der Waals surface area contributed by atoms with Crippen LogP contribution in [0.3, 0.4) is 0 Å². The molecule has 0 atom stereocenters. The third kappa shape index (κ3) is 3.32. The predicted octanol–water partition coefficient (Wildman–Crippen LogP) is 2.28. The standard InChI is InChI=1S/C20H21N3O5S/c1-27-18-8-7-15(13-19(18)28-2)29(25,26)22-11-9-14(10-12-22)23-17-6-4-3-5-16(17)21-20(23)24/h3-9,13H,10-12H2,1-2H3,(H,21,24). The van der Waals surface area contributed by atoms with Crippen molar-refractivity contribution in [2.75, 3.05) is 27.3 Å². The highest BCUT2D eigenvalue weighted by atomic mass is 32.2. The highest BCUT2D eigenvalue weighted by Crippen LogP contribution is 2.31. The lowest BCUT2D eigenvalue weighted by Crippen LogP contribution is -2.36. The topological polar surface area (TPSA) is 93.6 Å². The summed E-state index contributed by atoms with van der Waals surface area (Å²) in [5, 5.41) is 0. The normalized spacial score (nSPS) is 15.3. The molecule has 1 aromatic heterocycles. The van der Waals surface area contributed by atoms with Gasteiger partial charge in [-0.3, -0.25) is 4.57 Å². The van der Waals surface area contributed by atoms with Gasteiger partial charge in [0.05, 0.1) is 30.1 Å². The monoisotopic (exact) mass is 415 g/mol. The third-order valence-electron chi connectivity index (χ3n) is 5.02. The molecule has 0 fully saturated rings. The van der Waals surface area contributed by atoms with Gasteiger partial charge in [0.25, 0.3) is 0 Å². The molecule has 1 aliphatic heterocycles. The van der Waals surface area contributed by atoms with Gasteiger partial charge in [-0.25, -0.2) is 13.2 Å². The molecule has 0 bridgehead atoms. The van der Waals surface area contributed by atoms with Crippen LogP contribution in [0.5, 0.6) is 11.5 Å². The van der Waals surface area contributed by atoms with Crippen LogP contribution in [0.2, 0.25) is 0 Å². The lowest BCUT2D eigenvalue weighted by atomic mass is 10.2. The fourth-order valence-corrected chi connectivity index (χ4v) is 4.92. The SMILES string of the molecule is COc1ccc(S(=O)(=O)N2CC=C(n3c(=O)[nH]c4ccccc43)CC2)cc1OC. The van der Waals surface area contributed by atoms with Crippen LogP contribution in [0.25, 0.3) is 16.7 Å². The molecule has 0 unspecified atom stereocenters. The summed E-state index contributed by atoms with van der Waals surface area (Å²) in [5.41, 5.74) is 2.08. The molecule has 0 saturated heterocycles. The summed E-state index contributed by atoms with van der Waals surface area (Å²) in [6.07, 6.45) is 2.21. The first-order valence-electron chi connectivity index (χ1n) is 9.07. The van der Waals surface area contributed by atoms with E-state index in [-0.39, 0.29) is 23.7 Å². The molecule has 0 aliphatic carbocycles. The van der Waals surface area contributed by atoms with Crippen molar-refractivity contribution >= 4 is 26.8 Å². The lowest BCUT2D eigenvalue weighted by molar-refractivity contribution is 0.353. The van der Waals surface area contributed by atoms with Gasteiger partial charge >= 0.3 is 5.69 Å². The number of hydrogen-bond donors (Lipinski definition) is 1. The fraction of sp³-hybridized carbons (Fsp3) is 0.250. The number of hydrogen-bond acceptors (Lipinski definition) is 5. The molecule has 0 spiro atoms. The Bertz CT molecular complexity index is 1260. The maximum absolute atomic E-state index is 13.1. The van der Waals surface area contributed by atoms with Gasteiger partial charge < -0.3 is 14.5 Å². The summed E-state index contributed by atoms with van der Waals surface area (Å²) in [6, 6.07) is 11.9. The van der Waals surface area contributed by atoms with E-state index in [2.05, 4.69) is 4.98 Å². The largest absolute Gasteiger partial charge is 0.493 e. The molecular weight excluding hydrogens is 394 g/mol. The third-order valence-corrected chi connectivity index (χ3v) is 6.88. The zero-order valence-corrected chi connectivity index (χ0v) is 16.9. The second kappa shape index (κ2) is 7.41. The van der Waals surface area contributed by atoms with E-state index < -0.39 is 10.0 Å². The van der Waals surface area contributed by atoms with Gasteiger partial charge in [0.2, 0.25) is 10.0 Å². The summed E-state index contributed by atoms with van der Waals surface area (Å²) >= 11 is 0. The zero-order valence-electron chi connectivity index (χ0n) is 16.1. The molecule has 1 aliphatic rings. The number of fused-ring (bicyclic) bond motifs is 1. The minimum Gasteiger partial charge on any atom is -0.493 e. The van der Waals surface area contributed by atoms with E-state index in [0.29, 0.717) is 17.9 Å². The first-order valence-corrected chi connectivity index (χ1v) is 10.5. The number of ether oxygens (including phenoxy) is 2. The molecule has 0 amide bonds. The molecule has 2 heterocycles. The van der Waals surface area contributed by atoms with E-state index in [1.807, 2.05) is 24.3 Å². The van der Waals surface area contributed by atoms with Gasteiger partial charge in [-0.15, -0.1) is 0 Å². The number of aromatic nitrogens is 2. The highest BCUT2D eigenvalue weighted by Gasteiger charge is 2.28. The minimum atomic E-state index is -3.71. The number of imidazole rings is 1. The molecule has 4 rings (SSSR count). The molecular formula is C20H21N3O5S. The van der Waals surface area contributed by atoms with E-state index in [9.17, 15) is 13.2 Å². The quantitative estimate of drug-likeness (QED) is 0.690. The molecule has 3 aromatic rings. The average molecular weight is 415 g/mol. The number of methoxy groups -OCH3 is 2. The Morgan fingerprint density at radius 3 is 2.48 bits per heavy atom. The first-order chi connectivity index (χ1) is 14.0. The predicted molar refractivity (Wildman–Crippen MR) is 110 cm³/mol. The van der Waals surface area contributed by atoms with Crippen molar-refractivity contribution in [2.24, 2.45) is 0 Å². The number of H-pyrrole nitrogens is 1. The van der Waals surface area contributed by atoms with Crippen LogP contribution in [0.1, 0.15) is 6.42 Å². The molecule has 0 radical (unpaired) electrons. The molecule has 1 N–H and O–H groups in total. The van der Waals surface area contributed by atoms with Crippen LogP contribution in [-0.4, -0.2) is 49.6 Å². The van der Waals surface area contributed by atoms with Crippen molar-refractivity contribution in [3.8, 4) is 11.5 Å². The van der Waals surface area contributed by atoms with E-state index in [0.717, 1.165) is 16.7 Å². The Balaban J connectivity index is 1.64. The Morgan fingerprint density at radius 1 is 1.03 bits per heavy atom. The number of aromatic amines is 1. The van der Waals surface area contributed by atoms with Crippen LogP contribution >= 0.6 is 0 Å². The molecule has 8 nitrogen and oxygen atoms in total. The summed E-state index contributed by atoms with van der Waals surface area (Å²) in [6.45, 7) is 0.451. The summed E-state index contributed by atoms with van der Waals surface area (Å²) in [5.74, 6) is 0.818. The van der Waals surface area contributed by atoms with Crippen molar-refractivity contribution in [1.29, 1.82) is 0 Å². The van der Waals surface area contributed by atoms with E-state index in [4.69, 9.17) is 9.47 Å². The fourth-order valence-electron chi connectivity index (χ4n) is 3.53. The number of para-hydroxylation sites is 2. The lowest BCUT2D eigenvalue weighted by Gasteiger charge is -2.26. The summed E-state index contributed by atoms with van der Waals surface area (Å²) in [4.78, 5) is 15.3. The first kappa shape index (κ1) is 19.3. The maximum atomic E-state index is 13.1. The van der Waals surface area contributed by atoms with Crippen LogP contribution in [0.15, 0.2) is 58.2 Å². The van der Waals surface area contributed by atoms with Crippen LogP contribution < -0.4 is 15.2 Å². The number of nitrogens with zero attached hydrogens (tertiary/aromatic N) is 2. The van der Waals surface area contributed by atoms with Gasteiger partial charge in [-0.2, -0.15) is 4.31 Å². The van der Waals surface area contributed by atoms with Gasteiger partial charge in [0.1, 0.15) is 0 Å². The Morgan fingerprint density at radius 2 is 1.79 bits per heavy atom. The van der Waals surface area contributed by atoms with Crippen LogP contribution in [0.4, 0.5) is 0 Å². The number of benzene rings is 2. The van der Waals surface area contributed by atoms with Gasteiger partial charge in [0.15, 0.2) is 11.5 Å². The number of rotatable bonds is 5. The van der Waals surface area contributed by atoms with Crippen molar-refractivity contribution in [3.63, 3.8) is 0 Å². The van der Waals surface area contributed by atoms with E-state index in [1.54, 1.807) is 16.7 Å². The molecule has 0 saturated carbocycles. The maximum Gasteiger partial charge on any atom is 0.330 e. The van der Waals surface area contributed by atoms with Crippen molar-refractivity contribution in [1.82, 2.24) is 13.9 Å². The van der Waals surface area contributed by atoms with Gasteiger partial charge in [-0.1, -0.05) is 12.1 Å². The Labute approximate surface area is 168 Å². The molecule has 152 valence electrons. The smallest absolute Gasteiger partial charge is 0.330 e. The second-order valence-electron chi connectivity index (χ2n) is 6.61. The van der Waals surface area contributed by atoms with Gasteiger partial charge in [0, 0.05) is 31.3 Å². The molecule has 29 heavy (non-hydrogen) atoms.